The van der Waals surface area contributed by atoms with Gasteiger partial charge in [-0.05, 0) is 54.4 Å². The molecule has 2 aromatic carbocycles. The molecule has 0 saturated heterocycles. The second-order valence-electron chi connectivity index (χ2n) is 7.22. The van der Waals surface area contributed by atoms with Crippen molar-refractivity contribution in [2.24, 2.45) is 0 Å². The molecule has 0 atom stereocenters. The van der Waals surface area contributed by atoms with E-state index in [2.05, 4.69) is 48.3 Å². The first-order valence-electron chi connectivity index (χ1n) is 10.0. The minimum Gasteiger partial charge on any atom is -0.348 e. The van der Waals surface area contributed by atoms with Crippen molar-refractivity contribution in [2.75, 3.05) is 24.5 Å². The molecule has 1 heterocycles. The lowest BCUT2D eigenvalue weighted by Gasteiger charge is -2.18. The van der Waals surface area contributed by atoms with E-state index >= 15 is 0 Å². The number of nitrogens with zero attached hydrogens (tertiary/aromatic N) is 2. The second kappa shape index (κ2) is 9.02. The van der Waals surface area contributed by atoms with Crippen molar-refractivity contribution < 1.29 is 9.59 Å². The standard InChI is InChI=1S/C23H29N3O2/c1-4-25(5-2)16-19-8-6-18(7-9-19)15-24-23(28)21-10-11-22-20(14-21)12-13-26(22)17(3)27/h6-11,14H,4-5,12-13,15-16H2,1-3H3,(H,24,28). The van der Waals surface area contributed by atoms with Crippen molar-refractivity contribution in [3.8, 4) is 0 Å². The Morgan fingerprint density at radius 1 is 1.04 bits per heavy atom. The number of nitrogens with one attached hydrogen (secondary N) is 1. The maximum atomic E-state index is 12.5. The molecule has 1 aliphatic heterocycles. The Bertz CT molecular complexity index is 841. The molecule has 5 nitrogen and oxygen atoms in total. The van der Waals surface area contributed by atoms with E-state index < -0.39 is 0 Å². The van der Waals surface area contributed by atoms with Crippen LogP contribution < -0.4 is 10.2 Å². The van der Waals surface area contributed by atoms with Gasteiger partial charge in [-0.3, -0.25) is 14.5 Å². The summed E-state index contributed by atoms with van der Waals surface area (Å²) in [5.74, 6) is -0.0447. The summed E-state index contributed by atoms with van der Waals surface area (Å²) in [6.45, 7) is 10.1. The molecule has 28 heavy (non-hydrogen) atoms. The first-order chi connectivity index (χ1) is 13.5. The molecule has 148 valence electrons. The van der Waals surface area contributed by atoms with Crippen molar-refractivity contribution in [1.29, 1.82) is 0 Å². The van der Waals surface area contributed by atoms with Crippen molar-refractivity contribution in [2.45, 2.75) is 40.3 Å². The number of hydrogen-bond donors (Lipinski definition) is 1. The van der Waals surface area contributed by atoms with E-state index in [1.54, 1.807) is 17.9 Å². The lowest BCUT2D eigenvalue weighted by molar-refractivity contribution is -0.116. The third-order valence-corrected chi connectivity index (χ3v) is 5.39. The Kier molecular flexibility index (Phi) is 6.47. The van der Waals surface area contributed by atoms with Gasteiger partial charge < -0.3 is 10.2 Å². The van der Waals surface area contributed by atoms with Crippen LogP contribution in [0.15, 0.2) is 42.5 Å². The van der Waals surface area contributed by atoms with Gasteiger partial charge in [-0.2, -0.15) is 0 Å². The molecular weight excluding hydrogens is 350 g/mol. The van der Waals surface area contributed by atoms with E-state index in [0.29, 0.717) is 18.7 Å². The summed E-state index contributed by atoms with van der Waals surface area (Å²) >= 11 is 0. The van der Waals surface area contributed by atoms with Crippen LogP contribution in [0.25, 0.3) is 0 Å². The maximum Gasteiger partial charge on any atom is 0.251 e. The van der Waals surface area contributed by atoms with Crippen LogP contribution in [0.3, 0.4) is 0 Å². The Morgan fingerprint density at radius 2 is 1.71 bits per heavy atom. The molecule has 2 amide bonds. The van der Waals surface area contributed by atoms with Gasteiger partial charge in [0.25, 0.3) is 5.91 Å². The van der Waals surface area contributed by atoms with E-state index in [9.17, 15) is 9.59 Å². The fourth-order valence-corrected chi connectivity index (χ4v) is 3.62. The lowest BCUT2D eigenvalue weighted by atomic mass is 10.1. The zero-order valence-electron chi connectivity index (χ0n) is 17.0. The van der Waals surface area contributed by atoms with Gasteiger partial charge in [-0.25, -0.2) is 0 Å². The quantitative estimate of drug-likeness (QED) is 0.803. The summed E-state index contributed by atoms with van der Waals surface area (Å²) in [6.07, 6.45) is 0.796. The second-order valence-corrected chi connectivity index (χ2v) is 7.22. The average Bonchev–Trinajstić information content (AvgIpc) is 3.14. The number of hydrogen-bond acceptors (Lipinski definition) is 3. The zero-order chi connectivity index (χ0) is 20.1. The molecule has 0 bridgehead atoms. The minimum atomic E-state index is -0.0868. The first kappa shape index (κ1) is 20.1. The number of anilines is 1. The van der Waals surface area contributed by atoms with Gasteiger partial charge in [0, 0.05) is 37.8 Å². The van der Waals surface area contributed by atoms with Crippen LogP contribution in [0.5, 0.6) is 0 Å². The van der Waals surface area contributed by atoms with Crippen LogP contribution in [0.2, 0.25) is 0 Å². The van der Waals surface area contributed by atoms with Crippen molar-refractivity contribution in [1.82, 2.24) is 10.2 Å². The van der Waals surface area contributed by atoms with E-state index in [4.69, 9.17) is 0 Å². The number of fused-ring (bicyclic) bond motifs is 1. The molecule has 0 fully saturated rings. The molecule has 0 unspecified atom stereocenters. The number of carbonyl (C=O) groups is 2. The third kappa shape index (κ3) is 4.60. The Balaban J connectivity index is 1.58. The predicted octanol–water partition coefficient (Wildman–Crippen LogP) is 3.37. The number of benzene rings is 2. The maximum absolute atomic E-state index is 12.5. The highest BCUT2D eigenvalue weighted by Crippen LogP contribution is 2.28. The molecule has 3 rings (SSSR count). The van der Waals surface area contributed by atoms with Gasteiger partial charge in [-0.1, -0.05) is 38.1 Å². The van der Waals surface area contributed by atoms with E-state index in [-0.39, 0.29) is 11.8 Å². The van der Waals surface area contributed by atoms with Crippen molar-refractivity contribution in [3.05, 3.63) is 64.7 Å². The smallest absolute Gasteiger partial charge is 0.251 e. The molecule has 1 N–H and O–H groups in total. The fraction of sp³-hybridized carbons (Fsp3) is 0.391. The number of carbonyl (C=O) groups excluding carboxylic acids is 2. The molecule has 2 aromatic rings. The summed E-state index contributed by atoms with van der Waals surface area (Å²) in [5.41, 5.74) is 4.99. The summed E-state index contributed by atoms with van der Waals surface area (Å²) in [7, 11) is 0. The average molecular weight is 380 g/mol. The highest BCUT2D eigenvalue weighted by atomic mass is 16.2. The van der Waals surface area contributed by atoms with Gasteiger partial charge in [0.1, 0.15) is 0 Å². The number of rotatable bonds is 7. The van der Waals surface area contributed by atoms with Crippen molar-refractivity contribution in [3.63, 3.8) is 0 Å². The first-order valence-corrected chi connectivity index (χ1v) is 10.0. The predicted molar refractivity (Wildman–Crippen MR) is 112 cm³/mol. The van der Waals surface area contributed by atoms with Crippen LogP contribution in [-0.2, 0) is 24.3 Å². The summed E-state index contributed by atoms with van der Waals surface area (Å²) in [5, 5.41) is 2.99. The summed E-state index contributed by atoms with van der Waals surface area (Å²) in [6, 6.07) is 14.0. The van der Waals surface area contributed by atoms with E-state index in [1.165, 1.54) is 5.56 Å². The van der Waals surface area contributed by atoms with Gasteiger partial charge >= 0.3 is 0 Å². The van der Waals surface area contributed by atoms with Crippen LogP contribution in [-0.4, -0.2) is 36.3 Å². The van der Waals surface area contributed by atoms with Gasteiger partial charge in [0.15, 0.2) is 0 Å². The third-order valence-electron chi connectivity index (χ3n) is 5.39. The molecule has 0 radical (unpaired) electrons. The van der Waals surface area contributed by atoms with Gasteiger partial charge in [0.05, 0.1) is 0 Å². The van der Waals surface area contributed by atoms with Gasteiger partial charge in [0.2, 0.25) is 5.91 Å². The molecule has 1 aliphatic rings. The Labute approximate surface area is 167 Å². The minimum absolute atomic E-state index is 0.0420. The lowest BCUT2D eigenvalue weighted by Crippen LogP contribution is -2.26. The molecule has 0 aliphatic carbocycles. The molecule has 0 aromatic heterocycles. The number of amides is 2. The molecule has 0 spiro atoms. The monoisotopic (exact) mass is 379 g/mol. The Morgan fingerprint density at radius 3 is 2.36 bits per heavy atom. The van der Waals surface area contributed by atoms with Gasteiger partial charge in [-0.15, -0.1) is 0 Å². The molecule has 0 saturated carbocycles. The van der Waals surface area contributed by atoms with E-state index in [0.717, 1.165) is 42.9 Å². The van der Waals surface area contributed by atoms with E-state index in [1.807, 2.05) is 12.1 Å². The van der Waals surface area contributed by atoms with Crippen LogP contribution in [0, 0.1) is 0 Å². The fourth-order valence-electron chi connectivity index (χ4n) is 3.62. The van der Waals surface area contributed by atoms with Crippen LogP contribution >= 0.6 is 0 Å². The Hall–Kier alpha value is -2.66. The SMILES string of the molecule is CCN(CC)Cc1ccc(CNC(=O)c2ccc3c(c2)CCN3C(C)=O)cc1. The topological polar surface area (TPSA) is 52.7 Å². The summed E-state index contributed by atoms with van der Waals surface area (Å²) in [4.78, 5) is 28.3. The largest absolute Gasteiger partial charge is 0.348 e. The van der Waals surface area contributed by atoms with Crippen molar-refractivity contribution >= 4 is 17.5 Å². The highest BCUT2D eigenvalue weighted by Gasteiger charge is 2.23. The highest BCUT2D eigenvalue weighted by molar-refractivity contribution is 5.97. The zero-order valence-corrected chi connectivity index (χ0v) is 17.0. The van der Waals surface area contributed by atoms with Crippen LogP contribution in [0.4, 0.5) is 5.69 Å². The molecular formula is C23H29N3O2. The van der Waals surface area contributed by atoms with Crippen LogP contribution in [0.1, 0.15) is 47.8 Å². The normalized spacial score (nSPS) is 12.9. The summed E-state index contributed by atoms with van der Waals surface area (Å²) < 4.78 is 0. The molecule has 5 heteroatoms.